The number of pyridine rings is 3. The molecule has 0 bridgehead atoms. The highest BCUT2D eigenvalue weighted by Gasteiger charge is 2.09. The van der Waals surface area contributed by atoms with E-state index in [1.54, 1.807) is 19.5 Å². The van der Waals surface area contributed by atoms with Crippen molar-refractivity contribution in [3.63, 3.8) is 0 Å². The highest BCUT2D eigenvalue weighted by atomic mass is 16.5. The van der Waals surface area contributed by atoms with E-state index >= 15 is 0 Å². The second kappa shape index (κ2) is 10.7. The Morgan fingerprint density at radius 2 is 1.69 bits per heavy atom. The third kappa shape index (κ3) is 5.61. The molecule has 0 saturated carbocycles. The van der Waals surface area contributed by atoms with Gasteiger partial charge in [-0.1, -0.05) is 18.7 Å². The zero-order valence-corrected chi connectivity index (χ0v) is 20.5. The van der Waals surface area contributed by atoms with Gasteiger partial charge in [0, 0.05) is 59.1 Å². The average Bonchev–Trinajstić information content (AvgIpc) is 2.86. The maximum Gasteiger partial charge on any atom is 0.135 e. The fraction of sp³-hybridized carbons (Fsp3) is 0.172. The van der Waals surface area contributed by atoms with E-state index in [1.807, 2.05) is 63.5 Å². The minimum absolute atomic E-state index is 0.573. The van der Waals surface area contributed by atoms with Crippen LogP contribution in [0.25, 0.3) is 34.8 Å². The number of aromatic nitrogens is 3. The van der Waals surface area contributed by atoms with E-state index < -0.39 is 0 Å². The lowest BCUT2D eigenvalue weighted by atomic mass is 10.0. The van der Waals surface area contributed by atoms with Crippen molar-refractivity contribution in [2.45, 2.75) is 27.3 Å². The Hall–Kier alpha value is -4.32. The van der Waals surface area contributed by atoms with Crippen molar-refractivity contribution >= 4 is 18.6 Å². The first-order valence-corrected chi connectivity index (χ1v) is 11.4. The summed E-state index contributed by atoms with van der Waals surface area (Å²) in [5, 5.41) is 5.15. The van der Waals surface area contributed by atoms with Crippen LogP contribution in [-0.2, 0) is 6.54 Å². The van der Waals surface area contributed by atoms with E-state index in [-0.39, 0.29) is 0 Å². The number of rotatable bonds is 7. The van der Waals surface area contributed by atoms with Gasteiger partial charge in [-0.15, -0.1) is 0 Å². The number of benzene rings is 1. The van der Waals surface area contributed by atoms with Crippen LogP contribution in [0.3, 0.4) is 0 Å². The number of hydrogen-bond donors (Lipinski definition) is 1. The van der Waals surface area contributed by atoms with E-state index in [2.05, 4.69) is 50.0 Å². The van der Waals surface area contributed by atoms with Gasteiger partial charge < -0.3 is 10.1 Å². The number of ether oxygens (including phenoxy) is 1. The number of hydrogen-bond acceptors (Lipinski definition) is 6. The summed E-state index contributed by atoms with van der Waals surface area (Å²) >= 11 is 0. The first-order chi connectivity index (χ1) is 17.0. The van der Waals surface area contributed by atoms with Gasteiger partial charge in [-0.05, 0) is 73.5 Å². The van der Waals surface area contributed by atoms with Gasteiger partial charge in [0.2, 0.25) is 0 Å². The van der Waals surface area contributed by atoms with E-state index in [0.29, 0.717) is 6.54 Å². The molecule has 6 nitrogen and oxygen atoms in total. The third-order valence-electron chi connectivity index (χ3n) is 5.63. The summed E-state index contributed by atoms with van der Waals surface area (Å²) in [7, 11) is 1.69. The second-order valence-corrected chi connectivity index (χ2v) is 8.22. The van der Waals surface area contributed by atoms with Gasteiger partial charge in [-0.25, -0.2) is 4.99 Å². The van der Waals surface area contributed by atoms with Crippen LogP contribution >= 0.6 is 0 Å². The SMILES string of the molecule is C=c1cc(-c2ccnc(C)c2)nc/c1=C(/N=CC)NCc1ccc(-c2ccnc(C)c2)c(OC)c1. The molecular formula is C29H29N5O. The molecule has 0 fully saturated rings. The molecule has 3 heterocycles. The lowest BCUT2D eigenvalue weighted by Crippen LogP contribution is -2.31. The molecule has 1 N–H and O–H groups in total. The van der Waals surface area contributed by atoms with Gasteiger partial charge in [-0.2, -0.15) is 0 Å². The summed E-state index contributed by atoms with van der Waals surface area (Å²) in [6, 6.07) is 16.2. The molecule has 0 amide bonds. The normalized spacial score (nSPS) is 12.0. The molecule has 0 unspecified atom stereocenters. The van der Waals surface area contributed by atoms with Crippen LogP contribution in [0.5, 0.6) is 5.75 Å². The lowest BCUT2D eigenvalue weighted by molar-refractivity contribution is 0.416. The molecule has 0 spiro atoms. The zero-order chi connectivity index (χ0) is 24.8. The highest BCUT2D eigenvalue weighted by molar-refractivity contribution is 5.71. The summed E-state index contributed by atoms with van der Waals surface area (Å²) in [5.74, 6) is 1.53. The van der Waals surface area contributed by atoms with E-state index in [4.69, 9.17) is 4.74 Å². The zero-order valence-electron chi connectivity index (χ0n) is 20.5. The standard InChI is InChI=1S/C29H29N5O/c1-6-30-29(26-18-33-27(13-19(26)2)24-10-12-32-21(4)15-24)34-17-22-7-8-25(28(16-22)35-5)23-9-11-31-20(3)14-23/h6-16,18,34H,2,17H2,1,3-5H3/b29-26+,30-6?. The molecule has 6 heteroatoms. The maximum absolute atomic E-state index is 5.69. The van der Waals surface area contributed by atoms with Gasteiger partial charge in [0.05, 0.1) is 12.8 Å². The van der Waals surface area contributed by atoms with E-state index in [9.17, 15) is 0 Å². The molecule has 3 aromatic heterocycles. The molecule has 4 rings (SSSR count). The largest absolute Gasteiger partial charge is 0.496 e. The molecule has 0 aliphatic carbocycles. The minimum Gasteiger partial charge on any atom is -0.496 e. The highest BCUT2D eigenvalue weighted by Crippen LogP contribution is 2.31. The minimum atomic E-state index is 0.573. The van der Waals surface area contributed by atoms with Gasteiger partial charge in [-0.3, -0.25) is 15.0 Å². The molecule has 0 atom stereocenters. The topological polar surface area (TPSA) is 72.3 Å². The van der Waals surface area contributed by atoms with Crippen molar-refractivity contribution in [1.82, 2.24) is 20.3 Å². The number of nitrogens with zero attached hydrogens (tertiary/aromatic N) is 4. The third-order valence-corrected chi connectivity index (χ3v) is 5.63. The quantitative estimate of drug-likeness (QED) is 0.416. The Bertz CT molecular complexity index is 1490. The maximum atomic E-state index is 5.69. The Morgan fingerprint density at radius 1 is 0.971 bits per heavy atom. The average molecular weight is 464 g/mol. The molecule has 0 aliphatic heterocycles. The number of aliphatic imine (C=N–C) groups is 1. The lowest BCUT2D eigenvalue weighted by Gasteiger charge is -2.13. The fourth-order valence-corrected chi connectivity index (χ4v) is 3.90. The number of methoxy groups -OCH3 is 1. The summed E-state index contributed by atoms with van der Waals surface area (Å²) in [4.78, 5) is 17.8. The van der Waals surface area contributed by atoms with E-state index in [0.717, 1.165) is 61.3 Å². The molecule has 1 aromatic carbocycles. The summed E-state index contributed by atoms with van der Waals surface area (Å²) in [6.07, 6.45) is 7.18. The molecule has 35 heavy (non-hydrogen) atoms. The van der Waals surface area contributed by atoms with Gasteiger partial charge in [0.1, 0.15) is 11.6 Å². The smallest absolute Gasteiger partial charge is 0.135 e. The molecule has 176 valence electrons. The van der Waals surface area contributed by atoms with Crippen molar-refractivity contribution in [3.05, 3.63) is 94.5 Å². The van der Waals surface area contributed by atoms with Crippen LogP contribution in [0, 0.1) is 13.8 Å². The van der Waals surface area contributed by atoms with Crippen LogP contribution in [0.1, 0.15) is 23.9 Å². The number of nitrogens with one attached hydrogen (secondary N) is 1. The first-order valence-electron chi connectivity index (χ1n) is 11.4. The summed E-state index contributed by atoms with van der Waals surface area (Å²) in [5.41, 5.74) is 6.97. The van der Waals surface area contributed by atoms with Gasteiger partial charge in [0.15, 0.2) is 0 Å². The van der Waals surface area contributed by atoms with Crippen molar-refractivity contribution < 1.29 is 4.74 Å². The Labute approximate surface area is 205 Å². The molecule has 4 aromatic rings. The second-order valence-electron chi connectivity index (χ2n) is 8.22. The molecule has 0 aliphatic rings. The van der Waals surface area contributed by atoms with Crippen molar-refractivity contribution in [2.24, 2.45) is 4.99 Å². The molecule has 0 saturated heterocycles. The first kappa shape index (κ1) is 23.8. The van der Waals surface area contributed by atoms with Crippen molar-refractivity contribution in [1.29, 1.82) is 0 Å². The summed E-state index contributed by atoms with van der Waals surface area (Å²) in [6.45, 7) is 10.7. The van der Waals surface area contributed by atoms with Crippen LogP contribution in [0.4, 0.5) is 0 Å². The van der Waals surface area contributed by atoms with Crippen LogP contribution in [0.2, 0.25) is 0 Å². The van der Waals surface area contributed by atoms with Crippen molar-refractivity contribution in [2.75, 3.05) is 7.11 Å². The Kier molecular flexibility index (Phi) is 7.31. The molecular weight excluding hydrogens is 434 g/mol. The molecule has 0 radical (unpaired) electrons. The van der Waals surface area contributed by atoms with Crippen LogP contribution < -0.4 is 20.5 Å². The van der Waals surface area contributed by atoms with Gasteiger partial charge in [0.25, 0.3) is 0 Å². The van der Waals surface area contributed by atoms with Gasteiger partial charge >= 0.3 is 0 Å². The Balaban J connectivity index is 1.62. The van der Waals surface area contributed by atoms with Crippen molar-refractivity contribution in [3.8, 4) is 28.1 Å². The summed E-state index contributed by atoms with van der Waals surface area (Å²) < 4.78 is 5.69. The monoisotopic (exact) mass is 463 g/mol. The predicted octanol–water partition coefficient (Wildman–Crippen LogP) is 4.19. The number of aryl methyl sites for hydroxylation is 2. The van der Waals surface area contributed by atoms with Crippen LogP contribution in [-0.4, -0.2) is 28.3 Å². The Morgan fingerprint density at radius 3 is 2.34 bits per heavy atom. The van der Waals surface area contributed by atoms with E-state index in [1.165, 1.54) is 0 Å². The predicted molar refractivity (Wildman–Crippen MR) is 142 cm³/mol. The van der Waals surface area contributed by atoms with Crippen LogP contribution in [0.15, 0.2) is 72.1 Å². The fourth-order valence-electron chi connectivity index (χ4n) is 3.90.